The van der Waals surface area contributed by atoms with Crippen molar-refractivity contribution >= 4 is 11.6 Å². The second-order valence-electron chi connectivity index (χ2n) is 2.60. The van der Waals surface area contributed by atoms with E-state index in [1.54, 1.807) is 37.3 Å². The van der Waals surface area contributed by atoms with E-state index in [9.17, 15) is 0 Å². The lowest BCUT2D eigenvalue weighted by Crippen LogP contribution is -1.92. The molecule has 70 valence electrons. The van der Waals surface area contributed by atoms with Crippen molar-refractivity contribution in [3.05, 3.63) is 35.4 Å². The minimum Gasteiger partial charge on any atom is -0.508 e. The van der Waals surface area contributed by atoms with Crippen LogP contribution in [0.1, 0.15) is 6.92 Å². The van der Waals surface area contributed by atoms with Crippen LogP contribution >= 0.6 is 11.6 Å². The van der Waals surface area contributed by atoms with Crippen molar-refractivity contribution in [1.29, 1.82) is 0 Å². The molecule has 0 spiro atoms. The van der Waals surface area contributed by atoms with Gasteiger partial charge in [0.05, 0.1) is 0 Å². The Morgan fingerprint density at radius 3 is 2.62 bits per heavy atom. The van der Waals surface area contributed by atoms with Gasteiger partial charge in [0, 0.05) is 5.03 Å². The molecule has 0 aliphatic carbocycles. The molecule has 1 aromatic carbocycles. The third-order valence-electron chi connectivity index (χ3n) is 1.45. The summed E-state index contributed by atoms with van der Waals surface area (Å²) in [6, 6.07) is 6.55. The fraction of sp³-hybridized carbons (Fsp3) is 0.200. The number of halogens is 1. The molecule has 0 saturated heterocycles. The maximum atomic E-state index is 8.98. The van der Waals surface area contributed by atoms with Crippen LogP contribution in [0.5, 0.6) is 11.5 Å². The lowest BCUT2D eigenvalue weighted by Gasteiger charge is -2.02. The number of phenolic OH excluding ortho intramolecular Hbond substituents is 1. The summed E-state index contributed by atoms with van der Waals surface area (Å²) in [7, 11) is 0. The van der Waals surface area contributed by atoms with Crippen molar-refractivity contribution in [3.8, 4) is 11.5 Å². The van der Waals surface area contributed by atoms with Crippen LogP contribution in [-0.2, 0) is 0 Å². The molecule has 0 saturated carbocycles. The molecule has 0 heterocycles. The van der Waals surface area contributed by atoms with Gasteiger partial charge in [0.1, 0.15) is 18.1 Å². The maximum absolute atomic E-state index is 8.98. The molecule has 3 heteroatoms. The average Bonchev–Trinajstić information content (AvgIpc) is 2.08. The van der Waals surface area contributed by atoms with E-state index in [1.165, 1.54) is 0 Å². The van der Waals surface area contributed by atoms with E-state index >= 15 is 0 Å². The Bertz CT molecular complexity index is 286. The number of hydrogen-bond acceptors (Lipinski definition) is 2. The van der Waals surface area contributed by atoms with E-state index in [2.05, 4.69) is 0 Å². The molecule has 0 aromatic heterocycles. The molecule has 0 bridgehead atoms. The van der Waals surface area contributed by atoms with Gasteiger partial charge >= 0.3 is 0 Å². The van der Waals surface area contributed by atoms with Crippen LogP contribution < -0.4 is 4.74 Å². The zero-order chi connectivity index (χ0) is 9.68. The van der Waals surface area contributed by atoms with Crippen LogP contribution in [0.4, 0.5) is 0 Å². The van der Waals surface area contributed by atoms with E-state index in [-0.39, 0.29) is 5.75 Å². The van der Waals surface area contributed by atoms with E-state index in [0.717, 1.165) is 0 Å². The highest BCUT2D eigenvalue weighted by Crippen LogP contribution is 2.15. The largest absolute Gasteiger partial charge is 0.508 e. The van der Waals surface area contributed by atoms with Gasteiger partial charge in [0.15, 0.2) is 0 Å². The van der Waals surface area contributed by atoms with Crippen LogP contribution in [0.15, 0.2) is 35.4 Å². The minimum absolute atomic E-state index is 0.233. The molecule has 0 radical (unpaired) electrons. The molecule has 0 amide bonds. The number of rotatable bonds is 3. The maximum Gasteiger partial charge on any atom is 0.120 e. The normalized spacial score (nSPS) is 11.4. The summed E-state index contributed by atoms with van der Waals surface area (Å²) in [5.41, 5.74) is 0. The standard InChI is InChI=1S/C10H11ClO2/c1-8(11)6-7-13-10-4-2-9(12)3-5-10/h2-6,12H,7H2,1H3/b8-6-. The summed E-state index contributed by atoms with van der Waals surface area (Å²) in [6.45, 7) is 2.24. The van der Waals surface area contributed by atoms with Crippen LogP contribution in [0.2, 0.25) is 0 Å². The molecule has 0 atom stereocenters. The summed E-state index contributed by atoms with van der Waals surface area (Å²) < 4.78 is 5.30. The predicted molar refractivity (Wildman–Crippen MR) is 53.2 cm³/mol. The second-order valence-corrected chi connectivity index (χ2v) is 3.19. The molecule has 2 nitrogen and oxygen atoms in total. The molecule has 1 rings (SSSR count). The molecule has 13 heavy (non-hydrogen) atoms. The number of benzene rings is 1. The highest BCUT2D eigenvalue weighted by Gasteiger charge is 1.91. The minimum atomic E-state index is 0.233. The van der Waals surface area contributed by atoms with Crippen molar-refractivity contribution in [1.82, 2.24) is 0 Å². The number of aromatic hydroxyl groups is 1. The van der Waals surface area contributed by atoms with Crippen molar-refractivity contribution in [2.45, 2.75) is 6.92 Å². The van der Waals surface area contributed by atoms with Gasteiger partial charge < -0.3 is 9.84 Å². The quantitative estimate of drug-likeness (QED) is 0.809. The number of phenols is 1. The molecule has 1 N–H and O–H groups in total. The predicted octanol–water partition coefficient (Wildman–Crippen LogP) is 2.91. The highest BCUT2D eigenvalue weighted by atomic mass is 35.5. The van der Waals surface area contributed by atoms with E-state index in [1.807, 2.05) is 0 Å². The zero-order valence-corrected chi connectivity index (χ0v) is 8.08. The van der Waals surface area contributed by atoms with Crippen molar-refractivity contribution in [2.75, 3.05) is 6.61 Å². The number of hydrogen-bond donors (Lipinski definition) is 1. The van der Waals surface area contributed by atoms with Gasteiger partial charge in [0.25, 0.3) is 0 Å². The molecule has 1 aromatic rings. The molecule has 0 fully saturated rings. The molecule has 0 aliphatic rings. The fourth-order valence-corrected chi connectivity index (χ4v) is 0.858. The summed E-state index contributed by atoms with van der Waals surface area (Å²) >= 11 is 5.61. The van der Waals surface area contributed by atoms with Gasteiger partial charge in [-0.1, -0.05) is 11.6 Å². The van der Waals surface area contributed by atoms with Crippen molar-refractivity contribution in [3.63, 3.8) is 0 Å². The Balaban J connectivity index is 2.46. The Morgan fingerprint density at radius 1 is 1.46 bits per heavy atom. The first-order valence-corrected chi connectivity index (χ1v) is 4.30. The van der Waals surface area contributed by atoms with E-state index in [0.29, 0.717) is 17.4 Å². The third-order valence-corrected chi connectivity index (χ3v) is 1.61. The first-order chi connectivity index (χ1) is 6.18. The Hall–Kier alpha value is -1.15. The van der Waals surface area contributed by atoms with E-state index in [4.69, 9.17) is 21.4 Å². The summed E-state index contributed by atoms with van der Waals surface area (Å²) in [5.74, 6) is 0.948. The molecule has 0 aliphatic heterocycles. The van der Waals surface area contributed by atoms with Crippen LogP contribution in [0.3, 0.4) is 0 Å². The Kier molecular flexibility index (Phi) is 3.65. The van der Waals surface area contributed by atoms with Crippen LogP contribution in [0, 0.1) is 0 Å². The third kappa shape index (κ3) is 3.85. The lowest BCUT2D eigenvalue weighted by molar-refractivity contribution is 0.361. The molecular formula is C10H11ClO2. The van der Waals surface area contributed by atoms with Crippen molar-refractivity contribution in [2.24, 2.45) is 0 Å². The molecular weight excluding hydrogens is 188 g/mol. The van der Waals surface area contributed by atoms with Gasteiger partial charge in [-0.2, -0.15) is 0 Å². The number of ether oxygens (including phenoxy) is 1. The van der Waals surface area contributed by atoms with Gasteiger partial charge in [-0.25, -0.2) is 0 Å². The lowest BCUT2D eigenvalue weighted by atomic mass is 10.3. The smallest absolute Gasteiger partial charge is 0.120 e. The van der Waals surface area contributed by atoms with Crippen LogP contribution in [-0.4, -0.2) is 11.7 Å². The van der Waals surface area contributed by atoms with Crippen LogP contribution in [0.25, 0.3) is 0 Å². The van der Waals surface area contributed by atoms with Gasteiger partial charge in [-0.05, 0) is 37.3 Å². The first-order valence-electron chi connectivity index (χ1n) is 3.92. The molecule has 0 unspecified atom stereocenters. The van der Waals surface area contributed by atoms with Gasteiger partial charge in [0.2, 0.25) is 0 Å². The topological polar surface area (TPSA) is 29.5 Å². The Morgan fingerprint density at radius 2 is 2.08 bits per heavy atom. The number of allylic oxidation sites excluding steroid dienone is 1. The zero-order valence-electron chi connectivity index (χ0n) is 7.33. The monoisotopic (exact) mass is 198 g/mol. The summed E-state index contributed by atoms with van der Waals surface area (Å²) in [5, 5.41) is 9.69. The highest BCUT2D eigenvalue weighted by molar-refractivity contribution is 6.29. The summed E-state index contributed by atoms with van der Waals surface area (Å²) in [6.07, 6.45) is 1.77. The Labute approximate surface area is 82.4 Å². The average molecular weight is 199 g/mol. The van der Waals surface area contributed by atoms with Gasteiger partial charge in [-0.15, -0.1) is 0 Å². The SMILES string of the molecule is C/C(Cl)=C/COc1ccc(O)cc1. The van der Waals surface area contributed by atoms with E-state index < -0.39 is 0 Å². The summed E-state index contributed by atoms with van der Waals surface area (Å²) in [4.78, 5) is 0. The fourth-order valence-electron chi connectivity index (χ4n) is 0.795. The first kappa shape index (κ1) is 9.93. The van der Waals surface area contributed by atoms with Crippen molar-refractivity contribution < 1.29 is 9.84 Å². The second kappa shape index (κ2) is 4.77. The van der Waals surface area contributed by atoms with Gasteiger partial charge in [-0.3, -0.25) is 0 Å².